The van der Waals surface area contributed by atoms with Crippen LogP contribution < -0.4 is 0 Å². The second kappa shape index (κ2) is 5.66. The van der Waals surface area contributed by atoms with Gasteiger partial charge in [0.1, 0.15) is 5.60 Å². The van der Waals surface area contributed by atoms with Gasteiger partial charge < -0.3 is 14.2 Å². The second-order valence-corrected chi connectivity index (χ2v) is 7.01. The van der Waals surface area contributed by atoms with E-state index in [1.165, 1.54) is 0 Å². The number of carbonyl (C=O) groups is 1. The van der Waals surface area contributed by atoms with Crippen molar-refractivity contribution in [3.8, 4) is 0 Å². The van der Waals surface area contributed by atoms with Gasteiger partial charge in [0.05, 0.1) is 0 Å². The Morgan fingerprint density at radius 2 is 2.14 bits per heavy atom. The van der Waals surface area contributed by atoms with Crippen molar-refractivity contribution in [3.05, 3.63) is 11.7 Å². The molecule has 1 aromatic heterocycles. The summed E-state index contributed by atoms with van der Waals surface area (Å²) in [5.74, 6) is 2.43. The van der Waals surface area contributed by atoms with Crippen LogP contribution in [0.3, 0.4) is 0 Å². The number of rotatable bonds is 4. The number of aromatic nitrogens is 2. The standard InChI is InChI=1S/C15H25N3O3/c1-9-7-11(9)13-16-12(17-21-13)8-10(2)18(6)14(19)20-15(3,4)5/h9-11H,7-8H2,1-6H3. The third-order valence-corrected chi connectivity index (χ3v) is 3.73. The van der Waals surface area contributed by atoms with Gasteiger partial charge in [0.25, 0.3) is 0 Å². The molecule has 3 atom stereocenters. The molecule has 0 saturated heterocycles. The first kappa shape index (κ1) is 15.8. The molecular formula is C15H25N3O3. The third-order valence-electron chi connectivity index (χ3n) is 3.73. The summed E-state index contributed by atoms with van der Waals surface area (Å²) in [6.07, 6.45) is 1.34. The molecule has 1 saturated carbocycles. The van der Waals surface area contributed by atoms with Gasteiger partial charge in [0, 0.05) is 25.4 Å². The Hall–Kier alpha value is -1.59. The van der Waals surface area contributed by atoms with Crippen molar-refractivity contribution in [1.29, 1.82) is 0 Å². The lowest BCUT2D eigenvalue weighted by atomic mass is 10.2. The van der Waals surface area contributed by atoms with Crippen molar-refractivity contribution >= 4 is 6.09 Å². The Bertz CT molecular complexity index is 507. The van der Waals surface area contributed by atoms with Crippen LogP contribution in [0.5, 0.6) is 0 Å². The van der Waals surface area contributed by atoms with E-state index in [0.29, 0.717) is 24.1 Å². The summed E-state index contributed by atoms with van der Waals surface area (Å²) >= 11 is 0. The first-order valence-electron chi connectivity index (χ1n) is 7.45. The predicted octanol–water partition coefficient (Wildman–Crippen LogP) is 2.99. The minimum atomic E-state index is -0.494. The number of hydrogen-bond donors (Lipinski definition) is 0. The van der Waals surface area contributed by atoms with Crippen molar-refractivity contribution in [3.63, 3.8) is 0 Å². The molecule has 0 aromatic carbocycles. The summed E-state index contributed by atoms with van der Waals surface area (Å²) in [5, 5.41) is 4.00. The van der Waals surface area contributed by atoms with Crippen LogP contribution in [0.25, 0.3) is 0 Å². The number of likely N-dealkylation sites (N-methyl/N-ethyl adjacent to an activating group) is 1. The quantitative estimate of drug-likeness (QED) is 0.854. The van der Waals surface area contributed by atoms with Crippen molar-refractivity contribution in [1.82, 2.24) is 15.0 Å². The molecule has 21 heavy (non-hydrogen) atoms. The highest BCUT2D eigenvalue weighted by molar-refractivity contribution is 5.68. The van der Waals surface area contributed by atoms with E-state index in [1.807, 2.05) is 27.7 Å². The molecule has 0 spiro atoms. The Morgan fingerprint density at radius 1 is 1.52 bits per heavy atom. The molecule has 0 bridgehead atoms. The average molecular weight is 295 g/mol. The van der Waals surface area contributed by atoms with Gasteiger partial charge in [-0.1, -0.05) is 12.1 Å². The maximum atomic E-state index is 12.0. The Labute approximate surface area is 125 Å². The van der Waals surface area contributed by atoms with Gasteiger partial charge in [-0.3, -0.25) is 0 Å². The third kappa shape index (κ3) is 4.19. The predicted molar refractivity (Wildman–Crippen MR) is 78.0 cm³/mol. The van der Waals surface area contributed by atoms with Crippen LogP contribution >= 0.6 is 0 Å². The smallest absolute Gasteiger partial charge is 0.410 e. The summed E-state index contributed by atoms with van der Waals surface area (Å²) in [5.41, 5.74) is -0.494. The van der Waals surface area contributed by atoms with Gasteiger partial charge in [-0.05, 0) is 40.0 Å². The zero-order valence-corrected chi connectivity index (χ0v) is 13.7. The maximum Gasteiger partial charge on any atom is 0.410 e. The fourth-order valence-electron chi connectivity index (χ4n) is 2.08. The molecule has 6 nitrogen and oxygen atoms in total. The van der Waals surface area contributed by atoms with Gasteiger partial charge >= 0.3 is 6.09 Å². The molecule has 6 heteroatoms. The summed E-state index contributed by atoms with van der Waals surface area (Å²) in [6, 6.07) is -0.0538. The van der Waals surface area contributed by atoms with Crippen LogP contribution in [0.2, 0.25) is 0 Å². The SMILES string of the molecule is CC1CC1c1nc(CC(C)N(C)C(=O)OC(C)(C)C)no1. The lowest BCUT2D eigenvalue weighted by molar-refractivity contribution is 0.0234. The summed E-state index contributed by atoms with van der Waals surface area (Å²) in [4.78, 5) is 18.0. The molecule has 0 radical (unpaired) electrons. The van der Waals surface area contributed by atoms with Crippen molar-refractivity contribution in [2.45, 2.75) is 65.0 Å². The molecule has 1 heterocycles. The van der Waals surface area contributed by atoms with Crippen LogP contribution in [0.4, 0.5) is 4.79 Å². The highest BCUT2D eigenvalue weighted by Gasteiger charge is 2.39. The number of amides is 1. The first-order valence-corrected chi connectivity index (χ1v) is 7.45. The Morgan fingerprint density at radius 3 is 2.67 bits per heavy atom. The van der Waals surface area contributed by atoms with Gasteiger partial charge in [-0.25, -0.2) is 4.79 Å². The van der Waals surface area contributed by atoms with Crippen LogP contribution in [0.1, 0.15) is 58.7 Å². The molecule has 118 valence electrons. The molecular weight excluding hydrogens is 270 g/mol. The minimum Gasteiger partial charge on any atom is -0.444 e. The highest BCUT2D eigenvalue weighted by Crippen LogP contribution is 2.45. The molecule has 2 rings (SSSR count). The number of hydrogen-bond acceptors (Lipinski definition) is 5. The van der Waals surface area contributed by atoms with E-state index in [9.17, 15) is 4.79 Å². The number of carbonyl (C=O) groups excluding carboxylic acids is 1. The van der Waals surface area contributed by atoms with Gasteiger partial charge in [0.2, 0.25) is 5.89 Å². The fourth-order valence-corrected chi connectivity index (χ4v) is 2.08. The largest absolute Gasteiger partial charge is 0.444 e. The van der Waals surface area contributed by atoms with Crippen LogP contribution in [0, 0.1) is 5.92 Å². The maximum absolute atomic E-state index is 12.0. The normalized spacial score (nSPS) is 22.8. The summed E-state index contributed by atoms with van der Waals surface area (Å²) < 4.78 is 10.6. The van der Waals surface area contributed by atoms with Crippen LogP contribution in [0.15, 0.2) is 4.52 Å². The van der Waals surface area contributed by atoms with Crippen molar-refractivity contribution in [2.75, 3.05) is 7.05 Å². The zero-order valence-electron chi connectivity index (χ0n) is 13.7. The second-order valence-electron chi connectivity index (χ2n) is 7.01. The highest BCUT2D eigenvalue weighted by atomic mass is 16.6. The lowest BCUT2D eigenvalue weighted by Crippen LogP contribution is -2.40. The molecule has 1 aliphatic rings. The van der Waals surface area contributed by atoms with E-state index in [1.54, 1.807) is 11.9 Å². The van der Waals surface area contributed by atoms with E-state index in [-0.39, 0.29) is 12.1 Å². The Balaban J connectivity index is 1.89. The zero-order chi connectivity index (χ0) is 15.8. The number of nitrogens with zero attached hydrogens (tertiary/aromatic N) is 3. The van der Waals surface area contributed by atoms with E-state index < -0.39 is 5.60 Å². The molecule has 3 unspecified atom stereocenters. The van der Waals surface area contributed by atoms with Gasteiger partial charge in [-0.2, -0.15) is 4.98 Å². The summed E-state index contributed by atoms with van der Waals surface area (Å²) in [6.45, 7) is 9.68. The fraction of sp³-hybridized carbons (Fsp3) is 0.800. The molecule has 1 aromatic rings. The van der Waals surface area contributed by atoms with Gasteiger partial charge in [-0.15, -0.1) is 0 Å². The van der Waals surface area contributed by atoms with E-state index >= 15 is 0 Å². The van der Waals surface area contributed by atoms with Crippen LogP contribution in [-0.2, 0) is 11.2 Å². The van der Waals surface area contributed by atoms with Crippen molar-refractivity contribution < 1.29 is 14.1 Å². The first-order chi connectivity index (χ1) is 9.67. The van der Waals surface area contributed by atoms with E-state index in [4.69, 9.17) is 9.26 Å². The van der Waals surface area contributed by atoms with E-state index in [0.717, 1.165) is 12.3 Å². The molecule has 0 aliphatic heterocycles. The molecule has 1 aliphatic carbocycles. The topological polar surface area (TPSA) is 68.5 Å². The number of ether oxygens (including phenoxy) is 1. The minimum absolute atomic E-state index is 0.0538. The average Bonchev–Trinajstić information content (AvgIpc) is 2.90. The lowest BCUT2D eigenvalue weighted by Gasteiger charge is -2.28. The molecule has 1 fully saturated rings. The van der Waals surface area contributed by atoms with Crippen LogP contribution in [-0.4, -0.2) is 39.8 Å². The molecule has 0 N–H and O–H groups in total. The Kier molecular flexibility index (Phi) is 4.25. The van der Waals surface area contributed by atoms with E-state index in [2.05, 4.69) is 17.1 Å². The monoisotopic (exact) mass is 295 g/mol. The summed E-state index contributed by atoms with van der Waals surface area (Å²) in [7, 11) is 1.72. The van der Waals surface area contributed by atoms with Gasteiger partial charge in [0.15, 0.2) is 5.82 Å². The molecule has 1 amide bonds. The van der Waals surface area contributed by atoms with Crippen molar-refractivity contribution in [2.24, 2.45) is 5.92 Å².